The summed E-state index contributed by atoms with van der Waals surface area (Å²) in [6.07, 6.45) is 1.62. The number of hydrogen-bond donors (Lipinski definition) is 1. The van der Waals surface area contributed by atoms with Gasteiger partial charge in [0.05, 0.1) is 6.26 Å². The highest BCUT2D eigenvalue weighted by molar-refractivity contribution is 6.31. The van der Waals surface area contributed by atoms with E-state index >= 15 is 0 Å². The van der Waals surface area contributed by atoms with Crippen LogP contribution in [0, 0.1) is 13.8 Å². The summed E-state index contributed by atoms with van der Waals surface area (Å²) in [4.78, 5) is 0. The zero-order chi connectivity index (χ0) is 13.3. The number of benzene rings is 1. The number of aliphatic hydroxyl groups is 1. The molecule has 1 aromatic heterocycles. The fourth-order valence-corrected chi connectivity index (χ4v) is 2.38. The molecule has 1 heterocycles. The van der Waals surface area contributed by atoms with E-state index in [1.807, 2.05) is 32.9 Å². The minimum absolute atomic E-state index is 0.592. The van der Waals surface area contributed by atoms with Gasteiger partial charge in [0.1, 0.15) is 11.9 Å². The van der Waals surface area contributed by atoms with Crippen molar-refractivity contribution in [3.8, 4) is 0 Å². The maximum atomic E-state index is 10.4. The maximum absolute atomic E-state index is 10.4. The summed E-state index contributed by atoms with van der Waals surface area (Å²) >= 11 is 6.22. The van der Waals surface area contributed by atoms with Crippen molar-refractivity contribution in [1.82, 2.24) is 0 Å². The molecular formula is C15H17ClO2. The number of aryl methyl sites for hydroxylation is 3. The van der Waals surface area contributed by atoms with Gasteiger partial charge in [0, 0.05) is 22.6 Å². The Bertz CT molecular complexity index is 558. The van der Waals surface area contributed by atoms with Gasteiger partial charge in [-0.2, -0.15) is 0 Å². The highest BCUT2D eigenvalue weighted by Crippen LogP contribution is 2.32. The summed E-state index contributed by atoms with van der Waals surface area (Å²) < 4.78 is 5.35. The lowest BCUT2D eigenvalue weighted by atomic mass is 9.97. The smallest absolute Gasteiger partial charge is 0.109 e. The van der Waals surface area contributed by atoms with Gasteiger partial charge in [-0.15, -0.1) is 0 Å². The van der Waals surface area contributed by atoms with E-state index in [0.717, 1.165) is 34.4 Å². The zero-order valence-electron chi connectivity index (χ0n) is 10.8. The van der Waals surface area contributed by atoms with E-state index in [4.69, 9.17) is 16.0 Å². The van der Waals surface area contributed by atoms with Crippen LogP contribution in [0.5, 0.6) is 0 Å². The SMILES string of the molecule is CCc1occc1C(O)c1cc(C)c(C)cc1Cl. The van der Waals surface area contributed by atoms with Crippen molar-refractivity contribution in [3.05, 3.63) is 57.5 Å². The third-order valence-electron chi connectivity index (χ3n) is 3.30. The number of rotatable bonds is 3. The third kappa shape index (κ3) is 2.31. The molecule has 2 rings (SSSR count). The van der Waals surface area contributed by atoms with Crippen molar-refractivity contribution in [3.63, 3.8) is 0 Å². The molecule has 2 aromatic rings. The minimum Gasteiger partial charge on any atom is -0.469 e. The molecule has 0 fully saturated rings. The quantitative estimate of drug-likeness (QED) is 0.902. The Kier molecular flexibility index (Phi) is 3.79. The molecule has 0 aliphatic rings. The summed E-state index contributed by atoms with van der Waals surface area (Å²) in [5, 5.41) is 11.0. The van der Waals surface area contributed by atoms with Crippen LogP contribution in [0.15, 0.2) is 28.9 Å². The summed E-state index contributed by atoms with van der Waals surface area (Å²) in [7, 11) is 0. The first-order chi connectivity index (χ1) is 8.54. The monoisotopic (exact) mass is 264 g/mol. The Hall–Kier alpha value is -1.25. The second-order valence-corrected chi connectivity index (χ2v) is 4.92. The Labute approximate surface area is 112 Å². The Morgan fingerprint density at radius 3 is 2.56 bits per heavy atom. The van der Waals surface area contributed by atoms with E-state index in [-0.39, 0.29) is 0 Å². The van der Waals surface area contributed by atoms with Gasteiger partial charge >= 0.3 is 0 Å². The zero-order valence-corrected chi connectivity index (χ0v) is 11.6. The summed E-state index contributed by atoms with van der Waals surface area (Å²) in [6.45, 7) is 6.02. The first-order valence-corrected chi connectivity index (χ1v) is 6.43. The predicted molar refractivity (Wildman–Crippen MR) is 73.1 cm³/mol. The number of aliphatic hydroxyl groups excluding tert-OH is 1. The predicted octanol–water partition coefficient (Wildman–Crippen LogP) is 4.19. The van der Waals surface area contributed by atoms with Crippen molar-refractivity contribution in [2.45, 2.75) is 33.3 Å². The van der Waals surface area contributed by atoms with Crippen LogP contribution in [0.1, 0.15) is 41.0 Å². The van der Waals surface area contributed by atoms with Crippen molar-refractivity contribution in [2.75, 3.05) is 0 Å². The van der Waals surface area contributed by atoms with Crippen LogP contribution in [0.2, 0.25) is 5.02 Å². The van der Waals surface area contributed by atoms with Gasteiger partial charge in [0.15, 0.2) is 0 Å². The Morgan fingerprint density at radius 2 is 1.89 bits per heavy atom. The average molecular weight is 265 g/mol. The van der Waals surface area contributed by atoms with E-state index in [1.165, 1.54) is 0 Å². The lowest BCUT2D eigenvalue weighted by Crippen LogP contribution is -2.03. The van der Waals surface area contributed by atoms with Crippen molar-refractivity contribution in [1.29, 1.82) is 0 Å². The van der Waals surface area contributed by atoms with Crippen LogP contribution in [-0.2, 0) is 6.42 Å². The molecular weight excluding hydrogens is 248 g/mol. The molecule has 2 nitrogen and oxygen atoms in total. The molecule has 96 valence electrons. The molecule has 0 saturated heterocycles. The molecule has 0 radical (unpaired) electrons. The summed E-state index contributed by atoms with van der Waals surface area (Å²) in [5.74, 6) is 0.803. The van der Waals surface area contributed by atoms with Crippen molar-refractivity contribution < 1.29 is 9.52 Å². The molecule has 1 atom stereocenters. The van der Waals surface area contributed by atoms with E-state index in [9.17, 15) is 5.11 Å². The number of furan rings is 1. The first kappa shape index (κ1) is 13.2. The van der Waals surface area contributed by atoms with Crippen LogP contribution in [0.3, 0.4) is 0 Å². The van der Waals surface area contributed by atoms with Gasteiger partial charge in [-0.25, -0.2) is 0 Å². The van der Waals surface area contributed by atoms with Gasteiger partial charge in [-0.1, -0.05) is 24.6 Å². The normalized spacial score (nSPS) is 12.7. The number of hydrogen-bond acceptors (Lipinski definition) is 2. The molecule has 3 heteroatoms. The second-order valence-electron chi connectivity index (χ2n) is 4.51. The molecule has 1 unspecified atom stereocenters. The first-order valence-electron chi connectivity index (χ1n) is 6.05. The molecule has 0 saturated carbocycles. The Balaban J connectivity index is 2.46. The van der Waals surface area contributed by atoms with E-state index in [2.05, 4.69) is 0 Å². The van der Waals surface area contributed by atoms with Gasteiger partial charge in [0.2, 0.25) is 0 Å². The number of halogens is 1. The fourth-order valence-electron chi connectivity index (χ4n) is 2.06. The topological polar surface area (TPSA) is 33.4 Å². The fraction of sp³-hybridized carbons (Fsp3) is 0.333. The van der Waals surface area contributed by atoms with Crippen LogP contribution < -0.4 is 0 Å². The van der Waals surface area contributed by atoms with Gasteiger partial charge in [0.25, 0.3) is 0 Å². The van der Waals surface area contributed by atoms with Gasteiger partial charge in [-0.3, -0.25) is 0 Å². The van der Waals surface area contributed by atoms with Crippen LogP contribution in [0.25, 0.3) is 0 Å². The van der Waals surface area contributed by atoms with E-state index in [0.29, 0.717) is 5.02 Å². The molecule has 1 N–H and O–H groups in total. The van der Waals surface area contributed by atoms with Crippen LogP contribution >= 0.6 is 11.6 Å². The Morgan fingerprint density at radius 1 is 1.22 bits per heavy atom. The van der Waals surface area contributed by atoms with E-state index < -0.39 is 6.10 Å². The van der Waals surface area contributed by atoms with Gasteiger partial charge in [-0.05, 0) is 37.1 Å². The average Bonchev–Trinajstić information content (AvgIpc) is 2.81. The van der Waals surface area contributed by atoms with Crippen LogP contribution in [0.4, 0.5) is 0 Å². The van der Waals surface area contributed by atoms with Crippen LogP contribution in [-0.4, -0.2) is 5.11 Å². The molecule has 1 aromatic carbocycles. The minimum atomic E-state index is -0.731. The molecule has 0 aliphatic carbocycles. The van der Waals surface area contributed by atoms with Crippen molar-refractivity contribution >= 4 is 11.6 Å². The lowest BCUT2D eigenvalue weighted by Gasteiger charge is -2.14. The highest BCUT2D eigenvalue weighted by Gasteiger charge is 2.19. The summed E-state index contributed by atoms with van der Waals surface area (Å²) in [6, 6.07) is 5.63. The molecule has 0 bridgehead atoms. The van der Waals surface area contributed by atoms with Crippen molar-refractivity contribution in [2.24, 2.45) is 0 Å². The summed E-state index contributed by atoms with van der Waals surface area (Å²) in [5.41, 5.74) is 3.77. The lowest BCUT2D eigenvalue weighted by molar-refractivity contribution is 0.217. The largest absolute Gasteiger partial charge is 0.469 e. The molecule has 0 amide bonds. The second kappa shape index (κ2) is 5.17. The molecule has 18 heavy (non-hydrogen) atoms. The van der Waals surface area contributed by atoms with Gasteiger partial charge < -0.3 is 9.52 Å². The molecule has 0 spiro atoms. The standard InChI is InChI=1S/C15H17ClO2/c1-4-14-11(5-6-18-14)15(17)12-7-9(2)10(3)8-13(12)16/h5-8,15,17H,4H2,1-3H3. The highest BCUT2D eigenvalue weighted by atomic mass is 35.5. The maximum Gasteiger partial charge on any atom is 0.109 e. The van der Waals surface area contributed by atoms with E-state index in [1.54, 1.807) is 12.3 Å². The third-order valence-corrected chi connectivity index (χ3v) is 3.63. The molecule has 0 aliphatic heterocycles.